The van der Waals surface area contributed by atoms with Crippen molar-refractivity contribution in [3.05, 3.63) is 59.7 Å². The van der Waals surface area contributed by atoms with E-state index in [1.54, 1.807) is 7.11 Å². The predicted molar refractivity (Wildman–Crippen MR) is 139 cm³/mol. The number of amides is 1. The van der Waals surface area contributed by atoms with Crippen molar-refractivity contribution >= 4 is 17.7 Å². The van der Waals surface area contributed by atoms with Crippen LogP contribution < -0.4 is 19.7 Å². The number of nitrogens with one attached hydrogen (secondary N) is 1. The van der Waals surface area contributed by atoms with E-state index in [1.807, 2.05) is 24.3 Å². The number of hydrogen-bond acceptors (Lipinski definition) is 4. The molecule has 0 bridgehead atoms. The van der Waals surface area contributed by atoms with E-state index in [9.17, 15) is 4.79 Å². The summed E-state index contributed by atoms with van der Waals surface area (Å²) in [6.45, 7) is 7.69. The molecule has 1 saturated heterocycles. The first-order chi connectivity index (χ1) is 16.4. The number of nitrogens with zero attached hydrogens (tertiary/aromatic N) is 1. The SMILES string of the molecule is CCCCCCCCOc1ccc(C=CC23NC(=O)CN2c2ccccc2C3(C)C)cc1OC. The molecule has 5 nitrogen and oxygen atoms in total. The molecular formula is C29H38N2O3. The van der Waals surface area contributed by atoms with Crippen LogP contribution in [0.15, 0.2) is 48.5 Å². The van der Waals surface area contributed by atoms with Gasteiger partial charge in [-0.1, -0.05) is 83.2 Å². The first kappa shape index (κ1) is 24.2. The van der Waals surface area contributed by atoms with Crippen LogP contribution >= 0.6 is 0 Å². The highest BCUT2D eigenvalue weighted by atomic mass is 16.5. The van der Waals surface area contributed by atoms with Crippen molar-refractivity contribution in [3.8, 4) is 11.5 Å². The quantitative estimate of drug-likeness (QED) is 0.412. The lowest BCUT2D eigenvalue weighted by Gasteiger charge is -2.40. The number of unbranched alkanes of at least 4 members (excludes halogenated alkanes) is 5. The fraction of sp³-hybridized carbons (Fsp3) is 0.483. The summed E-state index contributed by atoms with van der Waals surface area (Å²) in [6.07, 6.45) is 11.6. The number of anilines is 1. The van der Waals surface area contributed by atoms with E-state index in [-0.39, 0.29) is 11.3 Å². The van der Waals surface area contributed by atoms with Crippen molar-refractivity contribution < 1.29 is 14.3 Å². The average molecular weight is 463 g/mol. The lowest BCUT2D eigenvalue weighted by molar-refractivity contribution is -0.118. The number of carbonyl (C=O) groups excluding carboxylic acids is 1. The number of rotatable bonds is 11. The highest BCUT2D eigenvalue weighted by molar-refractivity contribution is 5.91. The Balaban J connectivity index is 1.48. The molecule has 0 saturated carbocycles. The molecule has 2 aliphatic rings. The van der Waals surface area contributed by atoms with Crippen LogP contribution in [-0.2, 0) is 10.2 Å². The predicted octanol–water partition coefficient (Wildman–Crippen LogP) is 6.07. The van der Waals surface area contributed by atoms with Crippen molar-refractivity contribution in [2.75, 3.05) is 25.2 Å². The molecule has 0 aromatic heterocycles. The van der Waals surface area contributed by atoms with Gasteiger partial charge >= 0.3 is 0 Å². The minimum atomic E-state index is -0.603. The van der Waals surface area contributed by atoms with Crippen molar-refractivity contribution in [2.45, 2.75) is 70.4 Å². The molecule has 2 aromatic rings. The zero-order valence-electron chi connectivity index (χ0n) is 21.0. The molecule has 1 atom stereocenters. The minimum Gasteiger partial charge on any atom is -0.493 e. The number of methoxy groups -OCH3 is 1. The smallest absolute Gasteiger partial charge is 0.241 e. The molecule has 0 spiro atoms. The normalized spacial score (nSPS) is 20.4. The summed E-state index contributed by atoms with van der Waals surface area (Å²) < 4.78 is 11.6. The van der Waals surface area contributed by atoms with Crippen LogP contribution in [0.25, 0.3) is 6.08 Å². The Morgan fingerprint density at radius 1 is 1.03 bits per heavy atom. The molecule has 5 heteroatoms. The Labute approximate surface area is 204 Å². The van der Waals surface area contributed by atoms with E-state index in [0.717, 1.165) is 29.2 Å². The van der Waals surface area contributed by atoms with Crippen LogP contribution in [0, 0.1) is 0 Å². The van der Waals surface area contributed by atoms with E-state index in [4.69, 9.17) is 9.47 Å². The summed E-state index contributed by atoms with van der Waals surface area (Å²) in [7, 11) is 1.68. The summed E-state index contributed by atoms with van der Waals surface area (Å²) in [5.74, 6) is 1.55. The second-order valence-electron chi connectivity index (χ2n) is 9.90. The molecule has 34 heavy (non-hydrogen) atoms. The molecule has 2 aromatic carbocycles. The summed E-state index contributed by atoms with van der Waals surface area (Å²) >= 11 is 0. The number of ether oxygens (including phenoxy) is 2. The highest BCUT2D eigenvalue weighted by Crippen LogP contribution is 2.52. The van der Waals surface area contributed by atoms with Crippen LogP contribution in [0.1, 0.15) is 70.4 Å². The van der Waals surface area contributed by atoms with Crippen molar-refractivity contribution in [3.63, 3.8) is 0 Å². The molecule has 2 aliphatic heterocycles. The summed E-state index contributed by atoms with van der Waals surface area (Å²) in [6, 6.07) is 14.4. The standard InChI is InChI=1S/C29H38N2O3/c1-5-6-7-8-9-12-19-34-25-16-15-22(20-26(25)33-4)17-18-29-28(2,3)23-13-10-11-14-24(23)31(29)21-27(32)30-29/h10-11,13-18,20H,5-9,12,19,21H2,1-4H3,(H,30,32). The fourth-order valence-corrected chi connectivity index (χ4v) is 5.33. The van der Waals surface area contributed by atoms with Gasteiger partial charge < -0.3 is 19.7 Å². The molecule has 0 radical (unpaired) electrons. The van der Waals surface area contributed by atoms with Gasteiger partial charge in [-0.05, 0) is 41.8 Å². The maximum atomic E-state index is 12.5. The van der Waals surface area contributed by atoms with Gasteiger partial charge in [-0.15, -0.1) is 0 Å². The van der Waals surface area contributed by atoms with Crippen LogP contribution in [0.4, 0.5) is 5.69 Å². The molecule has 4 rings (SSSR count). The van der Waals surface area contributed by atoms with Crippen LogP contribution in [0.5, 0.6) is 11.5 Å². The third kappa shape index (κ3) is 4.40. The lowest BCUT2D eigenvalue weighted by atomic mass is 9.75. The van der Waals surface area contributed by atoms with Gasteiger partial charge in [-0.25, -0.2) is 0 Å². The van der Waals surface area contributed by atoms with Gasteiger partial charge in [-0.3, -0.25) is 4.79 Å². The zero-order chi connectivity index (χ0) is 24.2. The third-order valence-electron chi connectivity index (χ3n) is 7.34. The van der Waals surface area contributed by atoms with Crippen molar-refractivity contribution in [1.29, 1.82) is 0 Å². The summed E-state index contributed by atoms with van der Waals surface area (Å²) in [4.78, 5) is 14.7. The van der Waals surface area contributed by atoms with Gasteiger partial charge in [0, 0.05) is 11.1 Å². The van der Waals surface area contributed by atoms with Crippen LogP contribution in [-0.4, -0.2) is 31.8 Å². The summed E-state index contributed by atoms with van der Waals surface area (Å²) in [5, 5.41) is 3.27. The Hall–Kier alpha value is -2.95. The van der Waals surface area contributed by atoms with Crippen molar-refractivity contribution in [1.82, 2.24) is 5.32 Å². The van der Waals surface area contributed by atoms with E-state index in [2.05, 4.69) is 61.3 Å². The monoisotopic (exact) mass is 462 g/mol. The van der Waals surface area contributed by atoms with Gasteiger partial charge in [0.1, 0.15) is 5.66 Å². The van der Waals surface area contributed by atoms with Gasteiger partial charge in [0.05, 0.1) is 20.3 Å². The maximum absolute atomic E-state index is 12.5. The first-order valence-corrected chi connectivity index (χ1v) is 12.6. The molecule has 182 valence electrons. The first-order valence-electron chi connectivity index (χ1n) is 12.6. The van der Waals surface area contributed by atoms with E-state index in [0.29, 0.717) is 13.2 Å². The van der Waals surface area contributed by atoms with Crippen LogP contribution in [0.2, 0.25) is 0 Å². The largest absolute Gasteiger partial charge is 0.493 e. The maximum Gasteiger partial charge on any atom is 0.241 e. The molecule has 1 fully saturated rings. The van der Waals surface area contributed by atoms with E-state index in [1.165, 1.54) is 37.7 Å². The molecule has 1 unspecified atom stereocenters. The van der Waals surface area contributed by atoms with E-state index >= 15 is 0 Å². The Morgan fingerprint density at radius 3 is 2.59 bits per heavy atom. The molecule has 1 N–H and O–H groups in total. The molecular weight excluding hydrogens is 424 g/mol. The molecule has 0 aliphatic carbocycles. The number of carbonyl (C=O) groups is 1. The minimum absolute atomic E-state index is 0.0447. The second kappa shape index (κ2) is 10.1. The van der Waals surface area contributed by atoms with E-state index < -0.39 is 5.66 Å². The highest BCUT2D eigenvalue weighted by Gasteiger charge is 2.59. The number of fused-ring (bicyclic) bond motifs is 3. The number of hydrogen-bond donors (Lipinski definition) is 1. The van der Waals surface area contributed by atoms with Crippen molar-refractivity contribution in [2.24, 2.45) is 0 Å². The zero-order valence-corrected chi connectivity index (χ0v) is 21.0. The fourth-order valence-electron chi connectivity index (χ4n) is 5.33. The summed E-state index contributed by atoms with van der Waals surface area (Å²) in [5.41, 5.74) is 2.48. The molecule has 2 heterocycles. The second-order valence-corrected chi connectivity index (χ2v) is 9.90. The Kier molecular flexibility index (Phi) is 7.20. The number of para-hydroxylation sites is 1. The van der Waals surface area contributed by atoms with Gasteiger partial charge in [0.15, 0.2) is 11.5 Å². The molecule has 1 amide bonds. The lowest BCUT2D eigenvalue weighted by Crippen LogP contribution is -2.58. The van der Waals surface area contributed by atoms with Gasteiger partial charge in [0.2, 0.25) is 5.91 Å². The van der Waals surface area contributed by atoms with Gasteiger partial charge in [0.25, 0.3) is 0 Å². The third-order valence-corrected chi connectivity index (χ3v) is 7.34. The topological polar surface area (TPSA) is 50.8 Å². The Morgan fingerprint density at radius 2 is 1.79 bits per heavy atom. The average Bonchev–Trinajstić information content (AvgIpc) is 3.27. The van der Waals surface area contributed by atoms with Crippen LogP contribution in [0.3, 0.4) is 0 Å². The number of benzene rings is 2. The Bertz CT molecular complexity index is 1050. The van der Waals surface area contributed by atoms with Gasteiger partial charge in [-0.2, -0.15) is 0 Å².